The zero-order valence-electron chi connectivity index (χ0n) is 13.4. The molecule has 3 N–H and O–H groups in total. The molecule has 0 aliphatic rings. The van der Waals surface area contributed by atoms with Crippen molar-refractivity contribution in [3.8, 4) is 0 Å². The van der Waals surface area contributed by atoms with Crippen molar-refractivity contribution in [2.75, 3.05) is 0 Å². The molecule has 0 spiro atoms. The Morgan fingerprint density at radius 2 is 1.95 bits per heavy atom. The summed E-state index contributed by atoms with van der Waals surface area (Å²) in [6.07, 6.45) is 0. The smallest absolute Gasteiger partial charge is 0.255 e. The van der Waals surface area contributed by atoms with Crippen LogP contribution in [0.1, 0.15) is 26.3 Å². The first-order valence-corrected chi connectivity index (χ1v) is 6.94. The largest absolute Gasteiger partial charge is 0.370 e. The molecule has 0 bridgehead atoms. The van der Waals surface area contributed by atoms with Gasteiger partial charge < -0.3 is 15.6 Å². The number of nitrogens with two attached hydrogens (primary N) is 1. The van der Waals surface area contributed by atoms with Crippen LogP contribution in [0.3, 0.4) is 0 Å². The number of fused-ring (bicyclic) bond motifs is 1. The molecule has 5 nitrogen and oxygen atoms in total. The van der Waals surface area contributed by atoms with E-state index in [1.807, 2.05) is 51.1 Å². The van der Waals surface area contributed by atoms with E-state index < -0.39 is 0 Å². The number of rotatable bonds is 2. The van der Waals surface area contributed by atoms with Crippen LogP contribution in [0.25, 0.3) is 10.9 Å². The Bertz CT molecular complexity index is 744. The van der Waals surface area contributed by atoms with Gasteiger partial charge in [-0.15, -0.1) is 24.0 Å². The number of aromatic nitrogens is 1. The summed E-state index contributed by atoms with van der Waals surface area (Å²) >= 11 is 0. The molecule has 120 valence electrons. The fourth-order valence-corrected chi connectivity index (χ4v) is 2.20. The fraction of sp³-hybridized carbons (Fsp3) is 0.375. The molecule has 0 atom stereocenters. The monoisotopic (exact) mass is 414 g/mol. The molecule has 0 aliphatic heterocycles. The van der Waals surface area contributed by atoms with Crippen molar-refractivity contribution in [3.63, 3.8) is 0 Å². The first kappa shape index (κ1) is 18.5. The molecule has 2 aromatic rings. The van der Waals surface area contributed by atoms with Crippen LogP contribution >= 0.6 is 24.0 Å². The van der Waals surface area contributed by atoms with Gasteiger partial charge in [0.05, 0.1) is 12.1 Å². The standard InChI is InChI=1S/C16H22N4O.HI/c1-16(2,3)19-15(17)18-10-12-9-11-7-5-6-8-13(11)20(4)14(12)21;/h5-9H,10H2,1-4H3,(H3,17,18,19);1H. The Hall–Kier alpha value is -1.57. The summed E-state index contributed by atoms with van der Waals surface area (Å²) in [4.78, 5) is 16.6. The summed E-state index contributed by atoms with van der Waals surface area (Å²) in [5.74, 6) is 0.345. The second-order valence-corrected chi connectivity index (χ2v) is 6.17. The molecular weight excluding hydrogens is 391 g/mol. The van der Waals surface area contributed by atoms with Gasteiger partial charge in [0.25, 0.3) is 5.56 Å². The number of halogens is 1. The summed E-state index contributed by atoms with van der Waals surface area (Å²) in [5, 5.41) is 4.10. The number of nitrogens with one attached hydrogen (secondary N) is 1. The molecule has 2 rings (SSSR count). The average molecular weight is 414 g/mol. The lowest BCUT2D eigenvalue weighted by molar-refractivity contribution is 0.508. The van der Waals surface area contributed by atoms with Crippen LogP contribution in [-0.2, 0) is 13.6 Å². The number of pyridine rings is 1. The third kappa shape index (κ3) is 4.46. The average Bonchev–Trinajstić information content (AvgIpc) is 2.39. The minimum absolute atomic E-state index is 0. The van der Waals surface area contributed by atoms with Crippen LogP contribution in [0.5, 0.6) is 0 Å². The van der Waals surface area contributed by atoms with Crippen LogP contribution in [0.4, 0.5) is 0 Å². The van der Waals surface area contributed by atoms with E-state index in [1.54, 1.807) is 11.6 Å². The maximum Gasteiger partial charge on any atom is 0.255 e. The molecule has 6 heteroatoms. The predicted octanol–water partition coefficient (Wildman–Crippen LogP) is 2.36. The lowest BCUT2D eigenvalue weighted by Gasteiger charge is -2.21. The number of hydrogen-bond acceptors (Lipinski definition) is 2. The third-order valence-corrected chi connectivity index (χ3v) is 3.13. The molecule has 0 saturated carbocycles. The van der Waals surface area contributed by atoms with E-state index in [1.165, 1.54) is 0 Å². The first-order chi connectivity index (χ1) is 9.78. The van der Waals surface area contributed by atoms with E-state index >= 15 is 0 Å². The predicted molar refractivity (Wildman–Crippen MR) is 103 cm³/mol. The Morgan fingerprint density at radius 3 is 2.59 bits per heavy atom. The van der Waals surface area contributed by atoms with E-state index in [2.05, 4.69) is 10.3 Å². The van der Waals surface area contributed by atoms with Gasteiger partial charge in [0, 0.05) is 18.2 Å². The lowest BCUT2D eigenvalue weighted by Crippen LogP contribution is -2.45. The van der Waals surface area contributed by atoms with E-state index in [0.717, 1.165) is 10.9 Å². The molecule has 1 heterocycles. The number of para-hydroxylation sites is 1. The van der Waals surface area contributed by atoms with Crippen molar-refractivity contribution in [2.24, 2.45) is 17.8 Å². The van der Waals surface area contributed by atoms with Crippen LogP contribution in [0, 0.1) is 0 Å². The van der Waals surface area contributed by atoms with Crippen molar-refractivity contribution in [2.45, 2.75) is 32.9 Å². The molecule has 1 aromatic heterocycles. The topological polar surface area (TPSA) is 72.4 Å². The minimum atomic E-state index is -0.151. The Balaban J connectivity index is 0.00000242. The zero-order valence-corrected chi connectivity index (χ0v) is 15.7. The highest BCUT2D eigenvalue weighted by Gasteiger charge is 2.10. The fourth-order valence-electron chi connectivity index (χ4n) is 2.20. The highest BCUT2D eigenvalue weighted by molar-refractivity contribution is 14.0. The van der Waals surface area contributed by atoms with Gasteiger partial charge >= 0.3 is 0 Å². The second-order valence-electron chi connectivity index (χ2n) is 6.17. The molecular formula is C16H23IN4O. The number of benzene rings is 1. The minimum Gasteiger partial charge on any atom is -0.370 e. The van der Waals surface area contributed by atoms with Crippen molar-refractivity contribution in [1.29, 1.82) is 0 Å². The quantitative estimate of drug-likeness (QED) is 0.450. The summed E-state index contributed by atoms with van der Waals surface area (Å²) in [6, 6.07) is 9.67. The normalized spacial score (nSPS) is 12.1. The van der Waals surface area contributed by atoms with Crippen LogP contribution in [0.15, 0.2) is 40.1 Å². The van der Waals surface area contributed by atoms with Crippen LogP contribution in [0.2, 0.25) is 0 Å². The molecule has 1 aromatic carbocycles. The van der Waals surface area contributed by atoms with Gasteiger partial charge in [-0.3, -0.25) is 4.79 Å². The number of aliphatic imine (C=N–C) groups is 1. The van der Waals surface area contributed by atoms with Gasteiger partial charge in [-0.05, 0) is 38.3 Å². The third-order valence-electron chi connectivity index (χ3n) is 3.13. The molecule has 0 unspecified atom stereocenters. The Kier molecular flexibility index (Phi) is 5.99. The molecule has 0 radical (unpaired) electrons. The summed E-state index contributed by atoms with van der Waals surface area (Å²) in [6.45, 7) is 6.28. The van der Waals surface area contributed by atoms with Crippen LogP contribution < -0.4 is 16.6 Å². The second kappa shape index (κ2) is 7.13. The SMILES string of the molecule is Cn1c(=O)c(CN=C(N)NC(C)(C)C)cc2ccccc21.I. The number of hydrogen-bond donors (Lipinski definition) is 2. The Morgan fingerprint density at radius 1 is 1.32 bits per heavy atom. The molecule has 22 heavy (non-hydrogen) atoms. The molecule has 0 amide bonds. The summed E-state index contributed by atoms with van der Waals surface area (Å²) in [7, 11) is 1.77. The van der Waals surface area contributed by atoms with E-state index in [9.17, 15) is 4.79 Å². The van der Waals surface area contributed by atoms with Gasteiger partial charge in [0.15, 0.2) is 5.96 Å². The van der Waals surface area contributed by atoms with Crippen molar-refractivity contribution >= 4 is 40.8 Å². The summed E-state index contributed by atoms with van der Waals surface area (Å²) in [5.41, 5.74) is 7.19. The van der Waals surface area contributed by atoms with Gasteiger partial charge in [-0.2, -0.15) is 0 Å². The molecule has 0 aliphatic carbocycles. The lowest BCUT2D eigenvalue weighted by atomic mass is 10.1. The van der Waals surface area contributed by atoms with Gasteiger partial charge in [0.1, 0.15) is 0 Å². The van der Waals surface area contributed by atoms with Gasteiger partial charge in [0.2, 0.25) is 0 Å². The van der Waals surface area contributed by atoms with Crippen molar-refractivity contribution in [1.82, 2.24) is 9.88 Å². The maximum absolute atomic E-state index is 12.3. The van der Waals surface area contributed by atoms with E-state index in [-0.39, 0.29) is 41.6 Å². The van der Waals surface area contributed by atoms with Gasteiger partial charge in [-0.1, -0.05) is 18.2 Å². The van der Waals surface area contributed by atoms with Crippen molar-refractivity contribution in [3.05, 3.63) is 46.2 Å². The highest BCUT2D eigenvalue weighted by atomic mass is 127. The zero-order chi connectivity index (χ0) is 15.6. The first-order valence-electron chi connectivity index (χ1n) is 6.94. The van der Waals surface area contributed by atoms with E-state index in [4.69, 9.17) is 5.73 Å². The van der Waals surface area contributed by atoms with E-state index in [0.29, 0.717) is 11.5 Å². The number of nitrogens with zero attached hydrogens (tertiary/aromatic N) is 2. The highest BCUT2D eigenvalue weighted by Crippen LogP contribution is 2.12. The molecule has 0 saturated heterocycles. The Labute approximate surface area is 147 Å². The van der Waals surface area contributed by atoms with Crippen molar-refractivity contribution < 1.29 is 0 Å². The van der Waals surface area contributed by atoms with Crippen LogP contribution in [-0.4, -0.2) is 16.1 Å². The number of guanidine groups is 1. The summed E-state index contributed by atoms with van der Waals surface area (Å²) < 4.78 is 1.65. The maximum atomic E-state index is 12.3. The number of aryl methyl sites for hydroxylation is 1. The molecule has 0 fully saturated rings. The van der Waals surface area contributed by atoms with Gasteiger partial charge in [-0.25, -0.2) is 4.99 Å².